The van der Waals surface area contributed by atoms with Crippen molar-refractivity contribution >= 4 is 21.6 Å². The average Bonchev–Trinajstić information content (AvgIpc) is 3.16. The summed E-state index contributed by atoms with van der Waals surface area (Å²) in [5, 5.41) is 3.08. The van der Waals surface area contributed by atoms with Crippen LogP contribution in [0.1, 0.15) is 36.0 Å². The van der Waals surface area contributed by atoms with Crippen molar-refractivity contribution in [2.24, 2.45) is 0 Å². The first-order valence-corrected chi connectivity index (χ1v) is 14.1. The molecule has 4 rings (SSSR count). The van der Waals surface area contributed by atoms with Crippen LogP contribution in [-0.4, -0.2) is 83.6 Å². The molecule has 1 fully saturated rings. The van der Waals surface area contributed by atoms with E-state index in [1.165, 1.54) is 4.31 Å². The van der Waals surface area contributed by atoms with Crippen molar-refractivity contribution in [3.05, 3.63) is 53.1 Å². The molecule has 196 valence electrons. The topological polar surface area (TPSA) is 82.2 Å². The Hall–Kier alpha value is -2.62. The van der Waals surface area contributed by atoms with Crippen molar-refractivity contribution < 1.29 is 17.9 Å². The smallest absolute Gasteiger partial charge is 0.264 e. The highest BCUT2D eigenvalue weighted by molar-refractivity contribution is 7.93. The van der Waals surface area contributed by atoms with E-state index in [-0.39, 0.29) is 10.8 Å². The van der Waals surface area contributed by atoms with Gasteiger partial charge in [-0.1, -0.05) is 18.2 Å². The van der Waals surface area contributed by atoms with E-state index in [0.29, 0.717) is 23.5 Å². The molecular formula is C27H38N4O4S. The van der Waals surface area contributed by atoms with Crippen molar-refractivity contribution in [3.8, 4) is 5.75 Å². The predicted octanol–water partition coefficient (Wildman–Crippen LogP) is 2.75. The molecule has 0 spiro atoms. The van der Waals surface area contributed by atoms with E-state index in [1.807, 2.05) is 32.0 Å². The molecule has 0 radical (unpaired) electrons. The SMILES string of the molecule is COc1ccc(S(=O)(=O)N2c3ccccc3[C@H](C(=O)NCCCN3CCN(C)CC3)[C@@H]2C)c(C)c1C. The van der Waals surface area contributed by atoms with Crippen LogP contribution in [0.25, 0.3) is 0 Å². The summed E-state index contributed by atoms with van der Waals surface area (Å²) in [5.74, 6) is -0.0527. The fourth-order valence-corrected chi connectivity index (χ4v) is 7.32. The number of carbonyl (C=O) groups excluding carboxylic acids is 1. The highest BCUT2D eigenvalue weighted by Gasteiger charge is 2.46. The van der Waals surface area contributed by atoms with Gasteiger partial charge in [-0.3, -0.25) is 9.10 Å². The lowest BCUT2D eigenvalue weighted by atomic mass is 9.95. The lowest BCUT2D eigenvalue weighted by molar-refractivity contribution is -0.122. The Balaban J connectivity index is 1.51. The molecule has 0 aromatic heterocycles. The number of nitrogens with one attached hydrogen (secondary N) is 1. The standard InChI is InChI=1S/C27H38N4O4S/c1-19-20(2)25(12-11-24(19)35-5)36(33,34)31-21(3)26(22-9-6-7-10-23(22)31)27(32)28-13-8-14-30-17-15-29(4)16-18-30/h6-7,9-12,21,26H,8,13-18H2,1-5H3,(H,28,32)/t21-,26+/m0/s1. The van der Waals surface area contributed by atoms with Gasteiger partial charge in [0.2, 0.25) is 5.91 Å². The fourth-order valence-electron chi connectivity index (χ4n) is 5.35. The van der Waals surface area contributed by atoms with Gasteiger partial charge < -0.3 is 19.9 Å². The highest BCUT2D eigenvalue weighted by Crippen LogP contribution is 2.44. The monoisotopic (exact) mass is 514 g/mol. The third-order valence-electron chi connectivity index (χ3n) is 7.63. The van der Waals surface area contributed by atoms with Gasteiger partial charge in [0.1, 0.15) is 5.75 Å². The number of rotatable bonds is 8. The Morgan fingerprint density at radius 2 is 1.75 bits per heavy atom. The minimum Gasteiger partial charge on any atom is -0.496 e. The van der Waals surface area contributed by atoms with Crippen LogP contribution >= 0.6 is 0 Å². The third kappa shape index (κ3) is 4.96. The van der Waals surface area contributed by atoms with Crippen molar-refractivity contribution in [1.82, 2.24) is 15.1 Å². The number of ether oxygens (including phenoxy) is 1. The van der Waals surface area contributed by atoms with E-state index in [0.717, 1.165) is 50.3 Å². The molecule has 2 aromatic rings. The molecule has 9 heteroatoms. The Morgan fingerprint density at radius 1 is 1.06 bits per heavy atom. The first kappa shape index (κ1) is 26.4. The fraction of sp³-hybridized carbons (Fsp3) is 0.519. The van der Waals surface area contributed by atoms with Crippen LogP contribution in [0.3, 0.4) is 0 Å². The number of likely N-dealkylation sites (N-methyl/N-ethyl adjacent to an activating group) is 1. The Morgan fingerprint density at radius 3 is 2.44 bits per heavy atom. The number of hydrogen-bond acceptors (Lipinski definition) is 6. The van der Waals surface area contributed by atoms with Crippen LogP contribution in [0.15, 0.2) is 41.3 Å². The Labute approximate surface area is 215 Å². The van der Waals surface area contributed by atoms with Gasteiger partial charge in [-0.15, -0.1) is 0 Å². The summed E-state index contributed by atoms with van der Waals surface area (Å²) in [5.41, 5.74) is 2.74. The second-order valence-electron chi connectivity index (χ2n) is 9.88. The highest BCUT2D eigenvalue weighted by atomic mass is 32.2. The van der Waals surface area contributed by atoms with Crippen molar-refractivity contribution in [1.29, 1.82) is 0 Å². The third-order valence-corrected chi connectivity index (χ3v) is 9.68. The van der Waals surface area contributed by atoms with E-state index >= 15 is 0 Å². The molecule has 0 aliphatic carbocycles. The molecule has 1 saturated heterocycles. The van der Waals surface area contributed by atoms with E-state index in [4.69, 9.17) is 4.74 Å². The normalized spacial score (nSPS) is 20.9. The Bertz CT molecular complexity index is 1210. The van der Waals surface area contributed by atoms with Crippen LogP contribution in [0.2, 0.25) is 0 Å². The second-order valence-corrected chi connectivity index (χ2v) is 11.7. The Kier molecular flexibility index (Phi) is 7.92. The molecule has 2 aliphatic rings. The number of anilines is 1. The summed E-state index contributed by atoms with van der Waals surface area (Å²) < 4.78 is 34.7. The van der Waals surface area contributed by atoms with Gasteiger partial charge in [-0.05, 0) is 75.7 Å². The van der Waals surface area contributed by atoms with Crippen LogP contribution in [-0.2, 0) is 14.8 Å². The predicted molar refractivity (Wildman–Crippen MR) is 142 cm³/mol. The molecule has 0 saturated carbocycles. The molecule has 1 N–H and O–H groups in total. The molecular weight excluding hydrogens is 476 g/mol. The summed E-state index contributed by atoms with van der Waals surface area (Å²) in [6.07, 6.45) is 0.866. The van der Waals surface area contributed by atoms with Crippen LogP contribution in [0.5, 0.6) is 5.75 Å². The number of para-hydroxylation sites is 1. The molecule has 36 heavy (non-hydrogen) atoms. The maximum atomic E-state index is 14.0. The van der Waals surface area contributed by atoms with E-state index < -0.39 is 22.0 Å². The largest absolute Gasteiger partial charge is 0.496 e. The van der Waals surface area contributed by atoms with Crippen molar-refractivity contribution in [3.63, 3.8) is 0 Å². The number of carbonyl (C=O) groups is 1. The molecule has 2 aromatic carbocycles. The van der Waals surface area contributed by atoms with Gasteiger partial charge in [-0.25, -0.2) is 8.42 Å². The number of amides is 1. The molecule has 8 nitrogen and oxygen atoms in total. The van der Waals surface area contributed by atoms with E-state index in [9.17, 15) is 13.2 Å². The molecule has 2 heterocycles. The number of sulfonamides is 1. The molecule has 2 atom stereocenters. The first-order valence-electron chi connectivity index (χ1n) is 12.6. The maximum absolute atomic E-state index is 14.0. The summed E-state index contributed by atoms with van der Waals surface area (Å²) in [6.45, 7) is 11.2. The molecule has 0 bridgehead atoms. The van der Waals surface area contributed by atoms with Gasteiger partial charge in [0, 0.05) is 32.7 Å². The summed E-state index contributed by atoms with van der Waals surface area (Å²) >= 11 is 0. The average molecular weight is 515 g/mol. The van der Waals surface area contributed by atoms with Crippen LogP contribution < -0.4 is 14.4 Å². The minimum absolute atomic E-state index is 0.131. The summed E-state index contributed by atoms with van der Waals surface area (Å²) in [6, 6.07) is 10.1. The number of nitrogens with zero attached hydrogens (tertiary/aromatic N) is 3. The van der Waals surface area contributed by atoms with Crippen LogP contribution in [0, 0.1) is 13.8 Å². The number of hydrogen-bond donors (Lipinski definition) is 1. The zero-order valence-corrected chi connectivity index (χ0v) is 22.8. The van der Waals surface area contributed by atoms with E-state index in [2.05, 4.69) is 22.2 Å². The quantitative estimate of drug-likeness (QED) is 0.546. The zero-order chi connectivity index (χ0) is 26.0. The van der Waals surface area contributed by atoms with Gasteiger partial charge in [0.15, 0.2) is 0 Å². The maximum Gasteiger partial charge on any atom is 0.264 e. The van der Waals surface area contributed by atoms with Gasteiger partial charge in [0.25, 0.3) is 10.0 Å². The molecule has 2 aliphatic heterocycles. The second kappa shape index (κ2) is 10.8. The summed E-state index contributed by atoms with van der Waals surface area (Å²) in [4.78, 5) is 18.3. The number of piperazine rings is 1. The van der Waals surface area contributed by atoms with Crippen molar-refractivity contribution in [2.75, 3.05) is 57.7 Å². The molecule has 0 unspecified atom stereocenters. The minimum atomic E-state index is -3.90. The van der Waals surface area contributed by atoms with Gasteiger partial charge in [0.05, 0.1) is 29.7 Å². The zero-order valence-electron chi connectivity index (χ0n) is 22.0. The summed E-state index contributed by atoms with van der Waals surface area (Å²) in [7, 11) is -0.193. The van der Waals surface area contributed by atoms with E-state index in [1.54, 1.807) is 32.2 Å². The van der Waals surface area contributed by atoms with Gasteiger partial charge >= 0.3 is 0 Å². The van der Waals surface area contributed by atoms with Crippen LogP contribution in [0.4, 0.5) is 5.69 Å². The lowest BCUT2D eigenvalue weighted by Gasteiger charge is -2.32. The number of fused-ring (bicyclic) bond motifs is 1. The first-order chi connectivity index (χ1) is 17.2. The molecule has 1 amide bonds. The van der Waals surface area contributed by atoms with Crippen molar-refractivity contribution in [2.45, 2.75) is 44.0 Å². The van der Waals surface area contributed by atoms with Gasteiger partial charge in [-0.2, -0.15) is 0 Å². The number of methoxy groups -OCH3 is 1. The number of benzene rings is 2. The lowest BCUT2D eigenvalue weighted by Crippen LogP contribution is -2.45.